The Hall–Kier alpha value is -0.990. The molecule has 1 atom stereocenters. The van der Waals surface area contributed by atoms with Crippen LogP contribution in [0.4, 0.5) is 13.2 Å². The average molecular weight is 306 g/mol. The molecule has 1 unspecified atom stereocenters. The van der Waals surface area contributed by atoms with Crippen LogP contribution in [0.5, 0.6) is 0 Å². The molecule has 1 aliphatic rings. The van der Waals surface area contributed by atoms with Crippen molar-refractivity contribution in [3.8, 4) is 0 Å². The van der Waals surface area contributed by atoms with Gasteiger partial charge in [0.2, 0.25) is 0 Å². The Morgan fingerprint density at radius 1 is 1.44 bits per heavy atom. The van der Waals surface area contributed by atoms with Crippen LogP contribution < -0.4 is 0 Å². The molecule has 18 heavy (non-hydrogen) atoms. The highest BCUT2D eigenvalue weighted by Crippen LogP contribution is 2.20. The van der Waals surface area contributed by atoms with Gasteiger partial charge in [0.25, 0.3) is 0 Å². The third-order valence-electron chi connectivity index (χ3n) is 1.61. The molecule has 9 heteroatoms. The van der Waals surface area contributed by atoms with Gasteiger partial charge < -0.3 is 4.90 Å². The first kappa shape index (κ1) is 17.0. The molecule has 0 amide bonds. The van der Waals surface area contributed by atoms with E-state index in [9.17, 15) is 13.2 Å². The summed E-state index contributed by atoms with van der Waals surface area (Å²) in [4.78, 5) is 1.99. The summed E-state index contributed by atoms with van der Waals surface area (Å²) in [6.45, 7) is 4.43. The fraction of sp³-hybridized carbons (Fsp3) is 0.333. The first-order chi connectivity index (χ1) is 8.09. The lowest BCUT2D eigenvalue weighted by molar-refractivity contribution is -0.0510. The molecule has 0 aromatic rings. The van der Waals surface area contributed by atoms with Gasteiger partial charge >= 0.3 is 15.6 Å². The van der Waals surface area contributed by atoms with Crippen molar-refractivity contribution in [2.75, 3.05) is 6.54 Å². The topological polar surface area (TPSA) is 57.6 Å². The van der Waals surface area contributed by atoms with Crippen LogP contribution in [0.25, 0.3) is 0 Å². The van der Waals surface area contributed by atoms with Crippen molar-refractivity contribution in [3.63, 3.8) is 0 Å². The highest BCUT2D eigenvalue weighted by atomic mass is 35.5. The van der Waals surface area contributed by atoms with Crippen molar-refractivity contribution < 1.29 is 26.1 Å². The second-order valence-electron chi connectivity index (χ2n) is 3.01. The lowest BCUT2D eigenvalue weighted by atomic mass is 10.3. The fourth-order valence-corrected chi connectivity index (χ4v) is 1.05. The lowest BCUT2D eigenvalue weighted by Gasteiger charge is -2.23. The minimum absolute atomic E-state index is 0.0111. The molecule has 1 N–H and O–H groups in total. The Bertz CT molecular complexity index is 431. The molecule has 0 spiro atoms. The average Bonchev–Trinajstić information content (AvgIpc) is 2.20. The molecule has 1 rings (SSSR count). The smallest absolute Gasteiger partial charge is 0.354 e. The van der Waals surface area contributed by atoms with Crippen molar-refractivity contribution in [3.05, 3.63) is 37.1 Å². The van der Waals surface area contributed by atoms with Crippen LogP contribution in [0.3, 0.4) is 0 Å². The maximum absolute atomic E-state index is 10.7. The molecule has 0 saturated carbocycles. The van der Waals surface area contributed by atoms with Gasteiger partial charge in [0.05, 0.1) is 0 Å². The Labute approximate surface area is 108 Å². The number of alkyl halides is 4. The number of nitrogens with zero attached hydrogens (tertiary/aromatic N) is 1. The number of rotatable bonds is 2. The van der Waals surface area contributed by atoms with Crippen LogP contribution >= 0.6 is 11.6 Å². The molecular formula is C9H11ClF3NO3S. The SMILES string of the molecule is C=CCN1C=CC=CC1Cl.O=S(=O)(O)C(F)(F)F. The predicted octanol–water partition coefficient (Wildman–Crippen LogP) is 2.52. The standard InChI is InChI=1S/C8H10ClN.CHF3O3S/c1-2-6-10-7-4-3-5-8(10)9;2-1(3,4)8(5,6)7/h2-5,7-8H,1,6H2;(H,5,6,7). The van der Waals surface area contributed by atoms with Crippen LogP contribution in [0.2, 0.25) is 0 Å². The zero-order chi connectivity index (χ0) is 14.4. The second-order valence-corrected chi connectivity index (χ2v) is 4.87. The van der Waals surface area contributed by atoms with Crippen LogP contribution in [-0.2, 0) is 10.1 Å². The molecular weight excluding hydrogens is 295 g/mol. The fourth-order valence-electron chi connectivity index (χ4n) is 0.819. The number of hydrogen-bond donors (Lipinski definition) is 1. The van der Waals surface area contributed by atoms with E-state index < -0.39 is 15.6 Å². The summed E-state index contributed by atoms with van der Waals surface area (Å²) in [6, 6.07) is 0. The summed E-state index contributed by atoms with van der Waals surface area (Å²) in [7, 11) is -5.84. The monoisotopic (exact) mass is 305 g/mol. The summed E-state index contributed by atoms with van der Waals surface area (Å²) in [5.74, 6) is 0. The molecule has 0 aliphatic carbocycles. The summed E-state index contributed by atoms with van der Waals surface area (Å²) in [5.41, 5.74) is -5.55. The van der Waals surface area contributed by atoms with E-state index in [-0.39, 0.29) is 5.50 Å². The van der Waals surface area contributed by atoms with Crippen LogP contribution in [0.1, 0.15) is 0 Å². The van der Waals surface area contributed by atoms with Crippen molar-refractivity contribution in [2.24, 2.45) is 0 Å². The highest BCUT2D eigenvalue weighted by molar-refractivity contribution is 7.86. The Morgan fingerprint density at radius 3 is 2.28 bits per heavy atom. The molecule has 0 aromatic carbocycles. The van der Waals surface area contributed by atoms with Crippen molar-refractivity contribution in [1.82, 2.24) is 4.90 Å². The molecule has 104 valence electrons. The van der Waals surface area contributed by atoms with E-state index in [1.54, 1.807) is 0 Å². The van der Waals surface area contributed by atoms with E-state index in [0.29, 0.717) is 0 Å². The summed E-state index contributed by atoms with van der Waals surface area (Å²) in [6.07, 6.45) is 9.63. The summed E-state index contributed by atoms with van der Waals surface area (Å²) >= 11 is 5.90. The molecule has 0 saturated heterocycles. The normalized spacial score (nSPS) is 19.2. The minimum Gasteiger partial charge on any atom is -0.354 e. The maximum atomic E-state index is 10.7. The Kier molecular flexibility index (Phi) is 6.44. The van der Waals surface area contributed by atoms with E-state index >= 15 is 0 Å². The van der Waals surface area contributed by atoms with Crippen molar-refractivity contribution in [1.29, 1.82) is 0 Å². The van der Waals surface area contributed by atoms with Gasteiger partial charge in [-0.05, 0) is 12.2 Å². The Balaban J connectivity index is 0.000000331. The molecule has 0 aromatic heterocycles. The van der Waals surface area contributed by atoms with Gasteiger partial charge in [-0.25, -0.2) is 0 Å². The van der Waals surface area contributed by atoms with E-state index in [1.165, 1.54) is 0 Å². The van der Waals surface area contributed by atoms with E-state index in [0.717, 1.165) is 6.54 Å². The first-order valence-corrected chi connectivity index (χ1v) is 6.36. The molecule has 0 radical (unpaired) electrons. The molecule has 0 fully saturated rings. The van der Waals surface area contributed by atoms with E-state index in [1.807, 2.05) is 35.4 Å². The van der Waals surface area contributed by atoms with Gasteiger partial charge in [0.15, 0.2) is 0 Å². The highest BCUT2D eigenvalue weighted by Gasteiger charge is 2.44. The van der Waals surface area contributed by atoms with Crippen LogP contribution in [-0.4, -0.2) is 35.4 Å². The number of allylic oxidation sites excluding steroid dienone is 2. The van der Waals surface area contributed by atoms with Gasteiger partial charge in [0, 0.05) is 12.7 Å². The molecule has 1 heterocycles. The van der Waals surface area contributed by atoms with Gasteiger partial charge in [-0.3, -0.25) is 4.55 Å². The zero-order valence-corrected chi connectivity index (χ0v) is 10.6. The third-order valence-corrected chi connectivity index (χ3v) is 2.59. The van der Waals surface area contributed by atoms with Gasteiger partial charge in [-0.15, -0.1) is 6.58 Å². The summed E-state index contributed by atoms with van der Waals surface area (Å²) in [5, 5.41) is 0. The zero-order valence-electron chi connectivity index (χ0n) is 9.01. The predicted molar refractivity (Wildman–Crippen MR) is 62.4 cm³/mol. The third kappa shape index (κ3) is 6.08. The van der Waals surface area contributed by atoms with Gasteiger partial charge in [-0.2, -0.15) is 21.6 Å². The summed E-state index contributed by atoms with van der Waals surface area (Å²) < 4.78 is 57.5. The molecule has 4 nitrogen and oxygen atoms in total. The minimum atomic E-state index is -5.84. The van der Waals surface area contributed by atoms with E-state index in [2.05, 4.69) is 6.58 Å². The second kappa shape index (κ2) is 6.81. The van der Waals surface area contributed by atoms with Gasteiger partial charge in [0.1, 0.15) is 5.50 Å². The lowest BCUT2D eigenvalue weighted by Crippen LogP contribution is -2.25. The maximum Gasteiger partial charge on any atom is 0.522 e. The number of halogens is 4. The number of hydrogen-bond acceptors (Lipinski definition) is 3. The van der Waals surface area contributed by atoms with Crippen LogP contribution in [0.15, 0.2) is 37.1 Å². The largest absolute Gasteiger partial charge is 0.522 e. The van der Waals surface area contributed by atoms with Gasteiger partial charge in [-0.1, -0.05) is 23.8 Å². The van der Waals surface area contributed by atoms with Crippen molar-refractivity contribution >= 4 is 21.7 Å². The van der Waals surface area contributed by atoms with E-state index in [4.69, 9.17) is 24.6 Å². The quantitative estimate of drug-likeness (QED) is 0.280. The molecule has 0 bridgehead atoms. The molecule has 1 aliphatic heterocycles. The van der Waals surface area contributed by atoms with Crippen molar-refractivity contribution in [2.45, 2.75) is 11.0 Å². The Morgan fingerprint density at radius 2 is 1.94 bits per heavy atom. The first-order valence-electron chi connectivity index (χ1n) is 4.49. The van der Waals surface area contributed by atoms with Crippen LogP contribution in [0, 0.1) is 0 Å².